The second kappa shape index (κ2) is 32.8. The van der Waals surface area contributed by atoms with E-state index in [0.29, 0.717) is 23.3 Å². The molecule has 6 rings (SSSR count). The summed E-state index contributed by atoms with van der Waals surface area (Å²) in [6.07, 6.45) is 1.47. The van der Waals surface area contributed by atoms with Gasteiger partial charge in [0.15, 0.2) is 0 Å². The Hall–Kier alpha value is -6.97. The molecule has 3 heterocycles. The maximum atomic E-state index is 15.0. The minimum atomic E-state index is -1.66. The summed E-state index contributed by atoms with van der Waals surface area (Å²) in [7, 11) is 5.02. The fraction of sp³-hybridized carbons (Fsp3) is 0.421. The molecule has 0 unspecified atom stereocenters. The number of benzene rings is 3. The van der Waals surface area contributed by atoms with Gasteiger partial charge in [0, 0.05) is 66.5 Å². The molecule has 0 bridgehead atoms. The number of nitrogens with two attached hydrogens (primary N) is 1. The first kappa shape index (κ1) is 65.2. The number of para-hydroxylation sites is 1. The first-order valence-electron chi connectivity index (χ1n) is 27.0. The van der Waals surface area contributed by atoms with Crippen molar-refractivity contribution in [3.05, 3.63) is 126 Å². The lowest BCUT2D eigenvalue weighted by atomic mass is 10.0. The second-order valence-electron chi connectivity index (χ2n) is 20.6. The standard InChI is InChI=1S/C57H73N11O11S4/c1-34(69)48-55(77)67-45(50(72)60-26-27-80-83-47-19-11-13-24-59-47)32-81-82-33-46(66-49(71)40(58)28-35-14-6-5-7-15-35)54(76)64-43(29-36-20-22-38(70)23-21-36)52(74)65-44(30-37-31-62-41-17-9-8-16-39(37)41)53(75)63-42(51(73)68-48)18-10-12-25-61-56(78)79-57(2,3)4/h5-9,11,13-17,19-24,31,34,40,42-46,48,62,69-70H,10,12,18,25-30,32-33,58H2,1-4H3,(H,60,72)(H,61,78)(H,63,75)(H,64,76)(H,65,74)(H,66,71)(H,67,77)(H,68,73)/t34-,40-,42+,43+,44-,45+,46+,48+/m1/s1. The summed E-state index contributed by atoms with van der Waals surface area (Å²) in [5.41, 5.74) is 8.29. The highest BCUT2D eigenvalue weighted by molar-refractivity contribution is 8.77. The van der Waals surface area contributed by atoms with Gasteiger partial charge < -0.3 is 68.2 Å². The third kappa shape index (κ3) is 21.9. The summed E-state index contributed by atoms with van der Waals surface area (Å²) in [6, 6.07) is 18.1. The number of aliphatic hydroxyl groups excluding tert-OH is 1. The third-order valence-electron chi connectivity index (χ3n) is 12.7. The molecule has 446 valence electrons. The van der Waals surface area contributed by atoms with E-state index in [1.807, 2.05) is 54.6 Å². The minimum absolute atomic E-state index is 0.0512. The number of nitrogens with one attached hydrogen (secondary N) is 9. The largest absolute Gasteiger partial charge is 0.508 e. The van der Waals surface area contributed by atoms with Gasteiger partial charge in [-0.05, 0) is 111 Å². The van der Waals surface area contributed by atoms with Gasteiger partial charge in [0.1, 0.15) is 52.6 Å². The van der Waals surface area contributed by atoms with E-state index in [9.17, 15) is 48.6 Å². The van der Waals surface area contributed by atoms with Crippen molar-refractivity contribution in [3.8, 4) is 5.75 Å². The van der Waals surface area contributed by atoms with E-state index in [-0.39, 0.29) is 62.4 Å². The minimum Gasteiger partial charge on any atom is -0.508 e. The maximum absolute atomic E-state index is 15.0. The molecule has 0 aliphatic carbocycles. The number of hydrogen-bond acceptors (Lipinski definition) is 17. The highest BCUT2D eigenvalue weighted by atomic mass is 33.1. The molecule has 1 fully saturated rings. The first-order valence-corrected chi connectivity index (χ1v) is 31.9. The average Bonchev–Trinajstić information content (AvgIpc) is 3.96. The molecule has 1 saturated heterocycles. The monoisotopic (exact) mass is 1220 g/mol. The summed E-state index contributed by atoms with van der Waals surface area (Å²) in [6.45, 7) is 6.75. The number of aromatic amines is 1. The molecule has 1 aliphatic heterocycles. The van der Waals surface area contributed by atoms with Crippen LogP contribution in [-0.2, 0) is 57.6 Å². The normalized spacial score (nSPS) is 20.5. The van der Waals surface area contributed by atoms with Gasteiger partial charge in [0.05, 0.1) is 12.1 Å². The molecular formula is C57H73N11O11S4. The zero-order valence-electron chi connectivity index (χ0n) is 46.5. The van der Waals surface area contributed by atoms with Crippen molar-refractivity contribution >= 4 is 102 Å². The molecule has 8 atom stereocenters. The fourth-order valence-electron chi connectivity index (χ4n) is 8.47. The van der Waals surface area contributed by atoms with Gasteiger partial charge in [0.25, 0.3) is 0 Å². The summed E-state index contributed by atoms with van der Waals surface area (Å²) in [5.74, 6) is -5.41. The van der Waals surface area contributed by atoms with Gasteiger partial charge in [-0.1, -0.05) is 99.1 Å². The fourth-order valence-corrected chi connectivity index (χ4v) is 12.6. The number of aromatic nitrogens is 2. The number of carbonyl (C=O) groups excluding carboxylic acids is 8. The van der Waals surface area contributed by atoms with E-state index in [2.05, 4.69) is 52.5 Å². The smallest absolute Gasteiger partial charge is 0.407 e. The van der Waals surface area contributed by atoms with Crippen molar-refractivity contribution in [1.82, 2.24) is 52.5 Å². The van der Waals surface area contributed by atoms with E-state index in [1.54, 1.807) is 63.5 Å². The Morgan fingerprint density at radius 1 is 0.747 bits per heavy atom. The van der Waals surface area contributed by atoms with E-state index < -0.39 is 101 Å². The number of carbonyl (C=O) groups is 8. The quantitative estimate of drug-likeness (QED) is 0.0392. The van der Waals surface area contributed by atoms with Gasteiger partial charge in [-0.15, -0.1) is 0 Å². The Balaban J connectivity index is 1.35. The van der Waals surface area contributed by atoms with Gasteiger partial charge >= 0.3 is 6.09 Å². The van der Waals surface area contributed by atoms with Gasteiger partial charge in [0.2, 0.25) is 41.4 Å². The number of aliphatic hydroxyl groups is 1. The number of nitrogens with zero attached hydrogens (tertiary/aromatic N) is 1. The number of pyridine rings is 1. The van der Waals surface area contributed by atoms with E-state index in [1.165, 1.54) is 40.6 Å². The molecule has 3 aromatic carbocycles. The number of unbranched alkanes of at least 4 members (excludes halogenated alkanes) is 1. The molecule has 5 aromatic rings. The first-order chi connectivity index (χ1) is 39.7. The number of hydrogen-bond donors (Lipinski definition) is 12. The van der Waals surface area contributed by atoms with Gasteiger partial charge in [-0.3, -0.25) is 33.6 Å². The lowest BCUT2D eigenvalue weighted by Gasteiger charge is -2.29. The Kier molecular flexibility index (Phi) is 25.7. The summed E-state index contributed by atoms with van der Waals surface area (Å²) < 4.78 is 5.35. The highest BCUT2D eigenvalue weighted by Crippen LogP contribution is 2.29. The van der Waals surface area contributed by atoms with Crippen LogP contribution in [-0.4, -0.2) is 152 Å². The molecule has 22 nitrogen and oxygen atoms in total. The lowest BCUT2D eigenvalue weighted by molar-refractivity contribution is -0.136. The second-order valence-corrected chi connectivity index (χ2v) is 25.6. The number of fused-ring (bicyclic) bond motifs is 1. The number of phenols is 1. The van der Waals surface area contributed by atoms with E-state index >= 15 is 0 Å². The Morgan fingerprint density at radius 2 is 1.41 bits per heavy atom. The highest BCUT2D eigenvalue weighted by Gasteiger charge is 2.36. The molecule has 0 spiro atoms. The Bertz CT molecular complexity index is 2960. The molecule has 0 radical (unpaired) electrons. The lowest BCUT2D eigenvalue weighted by Crippen LogP contribution is -2.62. The van der Waals surface area contributed by atoms with Crippen LogP contribution in [0.1, 0.15) is 63.6 Å². The van der Waals surface area contributed by atoms with Crippen LogP contribution in [0.2, 0.25) is 0 Å². The zero-order chi connectivity index (χ0) is 59.9. The predicted molar refractivity (Wildman–Crippen MR) is 324 cm³/mol. The number of aromatic hydroxyl groups is 1. The Labute approximate surface area is 497 Å². The molecule has 26 heteroatoms. The third-order valence-corrected chi connectivity index (χ3v) is 17.4. The molecule has 8 amide bonds. The van der Waals surface area contributed by atoms with Crippen LogP contribution < -0.4 is 48.3 Å². The van der Waals surface area contributed by atoms with Crippen LogP contribution in [0.3, 0.4) is 0 Å². The number of phenolic OH excluding ortho intramolecular Hbond substituents is 1. The van der Waals surface area contributed by atoms with Crippen LogP contribution in [0.5, 0.6) is 5.75 Å². The van der Waals surface area contributed by atoms with Crippen LogP contribution in [0.25, 0.3) is 10.9 Å². The van der Waals surface area contributed by atoms with E-state index in [4.69, 9.17) is 10.5 Å². The van der Waals surface area contributed by atoms with Gasteiger partial charge in [-0.25, -0.2) is 9.78 Å². The molecule has 0 saturated carbocycles. The van der Waals surface area contributed by atoms with Crippen molar-refractivity contribution in [2.24, 2.45) is 5.73 Å². The van der Waals surface area contributed by atoms with Gasteiger partial charge in [-0.2, -0.15) is 0 Å². The average molecular weight is 1220 g/mol. The number of alkyl carbamates (subject to hydrolysis) is 1. The molecule has 2 aromatic heterocycles. The van der Waals surface area contributed by atoms with Crippen molar-refractivity contribution in [2.45, 2.75) is 125 Å². The SMILES string of the molecule is C[C@@H](O)[C@@H]1NC(=O)[C@H](CCCCNC(=O)OC(C)(C)C)NC(=O)[C@@H](Cc2c[nH]c3ccccc23)NC(=O)[C@H](Cc2ccc(O)cc2)NC(=O)[C@@H](NC(=O)[C@H](N)Cc2ccccc2)CSSC[C@@H](C(=O)NCCSSc2ccccn2)NC1=O. The summed E-state index contributed by atoms with van der Waals surface area (Å²) in [5, 5.41) is 44.8. The molecule has 13 N–H and O–H groups in total. The number of H-pyrrole nitrogens is 1. The number of amides is 8. The predicted octanol–water partition coefficient (Wildman–Crippen LogP) is 3.56. The summed E-state index contributed by atoms with van der Waals surface area (Å²) >= 11 is 0. The van der Waals surface area contributed by atoms with Crippen molar-refractivity contribution in [1.29, 1.82) is 0 Å². The van der Waals surface area contributed by atoms with Crippen LogP contribution in [0, 0.1) is 0 Å². The zero-order valence-corrected chi connectivity index (χ0v) is 49.8. The Morgan fingerprint density at radius 3 is 2.12 bits per heavy atom. The van der Waals surface area contributed by atoms with Crippen molar-refractivity contribution in [3.63, 3.8) is 0 Å². The topological polar surface area (TPSA) is 337 Å². The van der Waals surface area contributed by atoms with Crippen LogP contribution >= 0.6 is 43.2 Å². The molecule has 1 aliphatic rings. The van der Waals surface area contributed by atoms with Crippen molar-refractivity contribution < 1.29 is 53.3 Å². The molecule has 83 heavy (non-hydrogen) atoms. The van der Waals surface area contributed by atoms with Crippen LogP contribution in [0.4, 0.5) is 4.79 Å². The van der Waals surface area contributed by atoms with Crippen molar-refractivity contribution in [2.75, 3.05) is 30.3 Å². The number of ether oxygens (including phenoxy) is 1. The molecular weight excluding hydrogens is 1140 g/mol. The summed E-state index contributed by atoms with van der Waals surface area (Å²) in [4.78, 5) is 121. The van der Waals surface area contributed by atoms with E-state index in [0.717, 1.165) is 43.1 Å². The number of rotatable bonds is 20. The maximum Gasteiger partial charge on any atom is 0.407 e. The van der Waals surface area contributed by atoms with Crippen LogP contribution in [0.15, 0.2) is 114 Å².